The zero-order chi connectivity index (χ0) is 21.5. The molecular weight excluding hydrogens is 396 g/mol. The minimum atomic E-state index is -0.491. The maximum absolute atomic E-state index is 13.4. The topological polar surface area (TPSA) is 96.7 Å². The molecule has 2 atom stereocenters. The third-order valence-corrected chi connectivity index (χ3v) is 7.20. The van der Waals surface area contributed by atoms with E-state index in [0.717, 1.165) is 45.3 Å². The molecule has 2 aromatic heterocycles. The van der Waals surface area contributed by atoms with Crippen molar-refractivity contribution in [3.63, 3.8) is 0 Å². The molecule has 2 aliphatic heterocycles. The summed E-state index contributed by atoms with van der Waals surface area (Å²) in [6.07, 6.45) is 6.85. The van der Waals surface area contributed by atoms with Crippen LogP contribution in [-0.4, -0.2) is 63.3 Å². The van der Waals surface area contributed by atoms with E-state index < -0.39 is 11.5 Å². The second-order valence-electron chi connectivity index (χ2n) is 9.33. The number of carbonyl (C=O) groups is 1. The molecule has 8 nitrogen and oxygen atoms in total. The highest BCUT2D eigenvalue weighted by Crippen LogP contribution is 2.29. The number of nitrogens with one attached hydrogen (secondary N) is 1. The molecule has 166 valence electrons. The first-order valence-electron chi connectivity index (χ1n) is 11.4. The minimum absolute atomic E-state index is 0.0423. The van der Waals surface area contributed by atoms with Crippen molar-refractivity contribution in [1.29, 1.82) is 0 Å². The van der Waals surface area contributed by atoms with Gasteiger partial charge in [0.15, 0.2) is 0 Å². The molecule has 5 rings (SSSR count). The Morgan fingerprint density at radius 3 is 2.81 bits per heavy atom. The van der Waals surface area contributed by atoms with Crippen molar-refractivity contribution >= 4 is 16.9 Å². The largest absolute Gasteiger partial charge is 0.506 e. The van der Waals surface area contributed by atoms with Gasteiger partial charge in [-0.2, -0.15) is 0 Å². The summed E-state index contributed by atoms with van der Waals surface area (Å²) in [5, 5.41) is 14.2. The second-order valence-corrected chi connectivity index (χ2v) is 9.33. The number of ether oxygens (including phenoxy) is 1. The van der Waals surface area contributed by atoms with Gasteiger partial charge in [0.05, 0.1) is 18.1 Å². The van der Waals surface area contributed by atoms with Crippen LogP contribution < -0.4 is 10.9 Å². The third-order valence-electron chi connectivity index (χ3n) is 7.20. The molecule has 8 heteroatoms. The van der Waals surface area contributed by atoms with Gasteiger partial charge < -0.3 is 15.2 Å². The Bertz CT molecular complexity index is 1040. The van der Waals surface area contributed by atoms with Gasteiger partial charge in [-0.25, -0.2) is 4.98 Å². The molecule has 3 aliphatic rings. The molecule has 4 heterocycles. The molecule has 2 aromatic rings. The molecule has 2 bridgehead atoms. The van der Waals surface area contributed by atoms with Crippen LogP contribution in [0.3, 0.4) is 0 Å². The molecule has 1 saturated carbocycles. The van der Waals surface area contributed by atoms with E-state index in [1.165, 1.54) is 0 Å². The van der Waals surface area contributed by atoms with Gasteiger partial charge in [-0.15, -0.1) is 0 Å². The number of carbonyl (C=O) groups excluding carboxylic acids is 1. The lowest BCUT2D eigenvalue weighted by molar-refractivity contribution is 0.0294. The minimum Gasteiger partial charge on any atom is -0.506 e. The smallest absolute Gasteiger partial charge is 0.268 e. The number of likely N-dealkylation sites (tertiary alicyclic amines) is 1. The molecule has 0 radical (unpaired) electrons. The van der Waals surface area contributed by atoms with E-state index >= 15 is 0 Å². The summed E-state index contributed by atoms with van der Waals surface area (Å²) in [6.45, 7) is 4.93. The number of aromatic nitrogens is 2. The predicted octanol–water partition coefficient (Wildman–Crippen LogP) is 1.88. The molecular formula is C23H30N4O4. The summed E-state index contributed by atoms with van der Waals surface area (Å²) in [6, 6.07) is 3.85. The molecule has 0 aromatic carbocycles. The van der Waals surface area contributed by atoms with Crippen molar-refractivity contribution in [1.82, 2.24) is 19.8 Å². The first-order valence-corrected chi connectivity index (χ1v) is 11.4. The van der Waals surface area contributed by atoms with Crippen molar-refractivity contribution < 1.29 is 14.6 Å². The number of pyridine rings is 2. The standard InChI is InChI=1S/C23H30N4O4/c1-14-4-6-15(7-5-14)25-22(29)19-20(28)18-3-2-8-24-21(18)27(23(19)30)10-9-26-12-17-11-16(26)13-31-17/h2-3,8,14-17,28H,4-7,9-13H2,1H3,(H,25,29)/t14-,15+,16-,17-/m0/s1. The first-order chi connectivity index (χ1) is 15.0. The fourth-order valence-electron chi connectivity index (χ4n) is 5.32. The fourth-order valence-corrected chi connectivity index (χ4v) is 5.32. The molecule has 1 amide bonds. The lowest BCUT2D eigenvalue weighted by Crippen LogP contribution is -2.42. The molecule has 0 unspecified atom stereocenters. The Morgan fingerprint density at radius 2 is 2.10 bits per heavy atom. The number of nitrogens with zero attached hydrogens (tertiary/aromatic N) is 3. The lowest BCUT2D eigenvalue weighted by Gasteiger charge is -2.28. The van der Waals surface area contributed by atoms with Crippen LogP contribution in [-0.2, 0) is 11.3 Å². The summed E-state index contributed by atoms with van der Waals surface area (Å²) in [5.41, 5.74) is -0.245. The summed E-state index contributed by atoms with van der Waals surface area (Å²) < 4.78 is 7.21. The van der Waals surface area contributed by atoms with E-state index in [-0.39, 0.29) is 23.5 Å². The molecule has 2 saturated heterocycles. The van der Waals surface area contributed by atoms with Crippen molar-refractivity contribution in [3.8, 4) is 5.75 Å². The van der Waals surface area contributed by atoms with Crippen LogP contribution in [0.25, 0.3) is 11.0 Å². The summed E-state index contributed by atoms with van der Waals surface area (Å²) in [5.74, 6) is -0.105. The molecule has 1 aliphatic carbocycles. The number of hydrogen-bond donors (Lipinski definition) is 2. The number of hydrogen-bond acceptors (Lipinski definition) is 6. The fraction of sp³-hybridized carbons (Fsp3) is 0.609. The average Bonchev–Trinajstić information content (AvgIpc) is 3.39. The van der Waals surface area contributed by atoms with Gasteiger partial charge in [-0.05, 0) is 50.2 Å². The highest BCUT2D eigenvalue weighted by molar-refractivity contribution is 6.01. The van der Waals surface area contributed by atoms with Gasteiger partial charge in [-0.3, -0.25) is 19.1 Å². The van der Waals surface area contributed by atoms with E-state index in [4.69, 9.17) is 4.74 Å². The van der Waals surface area contributed by atoms with E-state index in [9.17, 15) is 14.7 Å². The van der Waals surface area contributed by atoms with E-state index in [0.29, 0.717) is 36.1 Å². The maximum Gasteiger partial charge on any atom is 0.268 e. The number of fused-ring (bicyclic) bond motifs is 3. The number of aromatic hydroxyl groups is 1. The van der Waals surface area contributed by atoms with Gasteiger partial charge in [0, 0.05) is 37.9 Å². The van der Waals surface area contributed by atoms with Crippen LogP contribution in [0.2, 0.25) is 0 Å². The van der Waals surface area contributed by atoms with Crippen LogP contribution >= 0.6 is 0 Å². The highest BCUT2D eigenvalue weighted by Gasteiger charge is 2.38. The zero-order valence-corrected chi connectivity index (χ0v) is 17.9. The normalized spacial score (nSPS) is 28.3. The van der Waals surface area contributed by atoms with E-state index in [2.05, 4.69) is 22.1 Å². The quantitative estimate of drug-likeness (QED) is 0.758. The van der Waals surface area contributed by atoms with Crippen LogP contribution in [0.1, 0.15) is 49.4 Å². The Labute approximate surface area is 181 Å². The van der Waals surface area contributed by atoms with E-state index in [1.807, 2.05) is 0 Å². The molecule has 3 fully saturated rings. The summed E-state index contributed by atoms with van der Waals surface area (Å²) in [4.78, 5) is 33.1. The highest BCUT2D eigenvalue weighted by atomic mass is 16.5. The van der Waals surface area contributed by atoms with Crippen molar-refractivity contribution in [2.24, 2.45) is 5.92 Å². The average molecular weight is 427 g/mol. The third kappa shape index (κ3) is 3.83. The predicted molar refractivity (Wildman–Crippen MR) is 116 cm³/mol. The monoisotopic (exact) mass is 426 g/mol. The van der Waals surface area contributed by atoms with Gasteiger partial charge >= 0.3 is 0 Å². The van der Waals surface area contributed by atoms with Crippen LogP contribution in [0.5, 0.6) is 5.75 Å². The molecule has 31 heavy (non-hydrogen) atoms. The molecule has 2 N–H and O–H groups in total. The Hall–Kier alpha value is -2.45. The van der Waals surface area contributed by atoms with Crippen molar-refractivity contribution in [3.05, 3.63) is 34.2 Å². The lowest BCUT2D eigenvalue weighted by atomic mass is 9.87. The number of morpholine rings is 1. The number of rotatable bonds is 5. The van der Waals surface area contributed by atoms with Crippen LogP contribution in [0.4, 0.5) is 0 Å². The second kappa shape index (κ2) is 8.24. The number of amides is 1. The van der Waals surface area contributed by atoms with Crippen LogP contribution in [0, 0.1) is 5.92 Å². The summed E-state index contributed by atoms with van der Waals surface area (Å²) in [7, 11) is 0. The molecule has 0 spiro atoms. The van der Waals surface area contributed by atoms with Crippen LogP contribution in [0.15, 0.2) is 23.1 Å². The van der Waals surface area contributed by atoms with Crippen molar-refractivity contribution in [2.75, 3.05) is 19.7 Å². The summed E-state index contributed by atoms with van der Waals surface area (Å²) >= 11 is 0. The maximum atomic E-state index is 13.4. The Balaban J connectivity index is 1.44. The zero-order valence-electron chi connectivity index (χ0n) is 17.9. The van der Waals surface area contributed by atoms with E-state index in [1.54, 1.807) is 22.9 Å². The Morgan fingerprint density at radius 1 is 1.29 bits per heavy atom. The van der Waals surface area contributed by atoms with Crippen molar-refractivity contribution in [2.45, 2.75) is 63.8 Å². The van der Waals surface area contributed by atoms with Gasteiger partial charge in [0.25, 0.3) is 11.5 Å². The first kappa shape index (κ1) is 20.5. The van der Waals surface area contributed by atoms with Gasteiger partial charge in [0.1, 0.15) is 17.0 Å². The Kier molecular flexibility index (Phi) is 5.44. The van der Waals surface area contributed by atoms with Gasteiger partial charge in [-0.1, -0.05) is 6.92 Å². The van der Waals surface area contributed by atoms with Gasteiger partial charge in [0.2, 0.25) is 0 Å². The SMILES string of the molecule is C[C@H]1CC[C@@H](NC(=O)c2c(O)c3cccnc3n(CCN3C[C@@H]4C[C@H]3CO4)c2=O)CC1.